The molecular weight excluding hydrogens is 312 g/mol. The predicted molar refractivity (Wildman–Crippen MR) is 98.6 cm³/mol. The van der Waals surface area contributed by atoms with E-state index in [1.54, 1.807) is 14.2 Å². The lowest BCUT2D eigenvalue weighted by molar-refractivity contribution is 0.0974. The third-order valence-corrected chi connectivity index (χ3v) is 4.19. The maximum Gasteiger partial charge on any atom is 0.174 e. The summed E-state index contributed by atoms with van der Waals surface area (Å²) in [6, 6.07) is 24.8. The smallest absolute Gasteiger partial charge is 0.174 e. The summed E-state index contributed by atoms with van der Waals surface area (Å²) in [6.07, 6.45) is 0. The Labute approximate surface area is 147 Å². The van der Waals surface area contributed by atoms with Crippen LogP contribution in [0, 0.1) is 0 Å². The number of ketones is 1. The predicted octanol–water partition coefficient (Wildman–Crippen LogP) is 4.72. The van der Waals surface area contributed by atoms with Crippen molar-refractivity contribution in [3.63, 3.8) is 0 Å². The molecule has 3 nitrogen and oxygen atoms in total. The first-order valence-electron chi connectivity index (χ1n) is 8.10. The minimum Gasteiger partial charge on any atom is -0.493 e. The summed E-state index contributed by atoms with van der Waals surface area (Å²) in [5, 5.41) is 0. The van der Waals surface area contributed by atoms with Gasteiger partial charge in [0.05, 0.1) is 20.1 Å². The SMILES string of the molecule is COc1ccc(C(C(=O)c2ccccc2)c2ccccc2)cc1OC. The van der Waals surface area contributed by atoms with Gasteiger partial charge in [0, 0.05) is 5.56 Å². The molecule has 0 spiro atoms. The lowest BCUT2D eigenvalue weighted by Gasteiger charge is -2.19. The van der Waals surface area contributed by atoms with E-state index in [-0.39, 0.29) is 5.78 Å². The second-order valence-corrected chi connectivity index (χ2v) is 5.69. The number of rotatable bonds is 6. The average Bonchev–Trinajstić information content (AvgIpc) is 2.69. The van der Waals surface area contributed by atoms with Gasteiger partial charge in [0.25, 0.3) is 0 Å². The molecule has 0 radical (unpaired) electrons. The zero-order valence-electron chi connectivity index (χ0n) is 14.3. The fraction of sp³-hybridized carbons (Fsp3) is 0.136. The van der Waals surface area contributed by atoms with Crippen molar-refractivity contribution < 1.29 is 14.3 Å². The highest BCUT2D eigenvalue weighted by Gasteiger charge is 2.25. The van der Waals surface area contributed by atoms with Crippen molar-refractivity contribution in [2.45, 2.75) is 5.92 Å². The molecule has 25 heavy (non-hydrogen) atoms. The Morgan fingerprint density at radius 2 is 1.32 bits per heavy atom. The Morgan fingerprint density at radius 1 is 0.720 bits per heavy atom. The first kappa shape index (κ1) is 16.8. The molecule has 0 fully saturated rings. The molecule has 3 aromatic rings. The summed E-state index contributed by atoms with van der Waals surface area (Å²) in [5.74, 6) is 0.912. The van der Waals surface area contributed by atoms with E-state index in [1.165, 1.54) is 0 Å². The summed E-state index contributed by atoms with van der Waals surface area (Å²) < 4.78 is 10.7. The number of methoxy groups -OCH3 is 2. The van der Waals surface area contributed by atoms with Crippen molar-refractivity contribution in [2.24, 2.45) is 0 Å². The van der Waals surface area contributed by atoms with Crippen molar-refractivity contribution in [2.75, 3.05) is 14.2 Å². The van der Waals surface area contributed by atoms with Crippen molar-refractivity contribution >= 4 is 5.78 Å². The number of hydrogen-bond donors (Lipinski definition) is 0. The fourth-order valence-electron chi connectivity index (χ4n) is 2.94. The summed E-state index contributed by atoms with van der Waals surface area (Å²) in [6.45, 7) is 0. The number of carbonyl (C=O) groups excluding carboxylic acids is 1. The third kappa shape index (κ3) is 3.56. The van der Waals surface area contributed by atoms with E-state index in [2.05, 4.69) is 0 Å². The van der Waals surface area contributed by atoms with Gasteiger partial charge in [-0.2, -0.15) is 0 Å². The van der Waals surface area contributed by atoms with Gasteiger partial charge >= 0.3 is 0 Å². The lowest BCUT2D eigenvalue weighted by Crippen LogP contribution is -2.14. The standard InChI is InChI=1S/C22H20O3/c1-24-19-14-13-18(15-20(19)25-2)21(16-9-5-3-6-10-16)22(23)17-11-7-4-8-12-17/h3-15,21H,1-2H3. The first-order valence-corrected chi connectivity index (χ1v) is 8.10. The molecule has 1 atom stereocenters. The zero-order valence-corrected chi connectivity index (χ0v) is 14.3. The minimum atomic E-state index is -0.400. The lowest BCUT2D eigenvalue weighted by atomic mass is 9.84. The number of ether oxygens (including phenoxy) is 2. The van der Waals surface area contributed by atoms with E-state index in [4.69, 9.17) is 9.47 Å². The average molecular weight is 332 g/mol. The molecule has 0 amide bonds. The minimum absolute atomic E-state index is 0.0546. The van der Waals surface area contributed by atoms with Crippen LogP contribution in [0.2, 0.25) is 0 Å². The van der Waals surface area contributed by atoms with Crippen LogP contribution in [0.25, 0.3) is 0 Å². The van der Waals surface area contributed by atoms with Gasteiger partial charge in [-0.3, -0.25) is 4.79 Å². The molecule has 0 saturated heterocycles. The molecule has 0 aliphatic carbocycles. The molecule has 126 valence electrons. The number of benzene rings is 3. The molecular formula is C22H20O3. The molecule has 1 unspecified atom stereocenters. The van der Waals surface area contributed by atoms with Gasteiger partial charge in [-0.1, -0.05) is 66.7 Å². The van der Waals surface area contributed by atoms with Crippen molar-refractivity contribution in [3.8, 4) is 11.5 Å². The van der Waals surface area contributed by atoms with Crippen molar-refractivity contribution in [1.29, 1.82) is 0 Å². The van der Waals surface area contributed by atoms with E-state index >= 15 is 0 Å². The normalized spacial score (nSPS) is 11.6. The summed E-state index contributed by atoms with van der Waals surface area (Å²) >= 11 is 0. The van der Waals surface area contributed by atoms with Gasteiger partial charge in [0.15, 0.2) is 17.3 Å². The van der Waals surface area contributed by atoms with Crippen LogP contribution in [0.15, 0.2) is 78.9 Å². The molecule has 0 saturated carbocycles. The Balaban J connectivity index is 2.11. The van der Waals surface area contributed by atoms with E-state index in [0.29, 0.717) is 17.1 Å². The quantitative estimate of drug-likeness (QED) is 0.613. The molecule has 0 aliphatic heterocycles. The summed E-state index contributed by atoms with van der Waals surface area (Å²) in [7, 11) is 3.19. The van der Waals surface area contributed by atoms with E-state index < -0.39 is 5.92 Å². The molecule has 3 heteroatoms. The second-order valence-electron chi connectivity index (χ2n) is 5.69. The largest absolute Gasteiger partial charge is 0.493 e. The molecule has 0 bridgehead atoms. The van der Waals surface area contributed by atoms with Crippen molar-refractivity contribution in [1.82, 2.24) is 0 Å². The van der Waals surface area contributed by atoms with Crippen LogP contribution in [0.4, 0.5) is 0 Å². The molecule has 0 heterocycles. The maximum absolute atomic E-state index is 13.2. The van der Waals surface area contributed by atoms with Gasteiger partial charge in [0.1, 0.15) is 0 Å². The molecule has 0 N–H and O–H groups in total. The molecule has 0 aromatic heterocycles. The highest BCUT2D eigenvalue weighted by atomic mass is 16.5. The van der Waals surface area contributed by atoms with Gasteiger partial charge in [-0.15, -0.1) is 0 Å². The monoisotopic (exact) mass is 332 g/mol. The molecule has 0 aliphatic rings. The zero-order chi connectivity index (χ0) is 17.6. The van der Waals surface area contributed by atoms with E-state index in [9.17, 15) is 4.79 Å². The van der Waals surface area contributed by atoms with Gasteiger partial charge in [-0.25, -0.2) is 0 Å². The van der Waals surface area contributed by atoms with Crippen LogP contribution in [-0.2, 0) is 0 Å². The topological polar surface area (TPSA) is 35.5 Å². The number of hydrogen-bond acceptors (Lipinski definition) is 3. The van der Waals surface area contributed by atoms with Crippen LogP contribution < -0.4 is 9.47 Å². The van der Waals surface area contributed by atoms with Crippen LogP contribution in [0.1, 0.15) is 27.4 Å². The number of carbonyl (C=O) groups is 1. The van der Waals surface area contributed by atoms with Crippen LogP contribution in [0.5, 0.6) is 11.5 Å². The third-order valence-electron chi connectivity index (χ3n) is 4.19. The van der Waals surface area contributed by atoms with E-state index in [1.807, 2.05) is 78.9 Å². The van der Waals surface area contributed by atoms with Gasteiger partial charge in [0.2, 0.25) is 0 Å². The Bertz CT molecular complexity index is 842. The van der Waals surface area contributed by atoms with E-state index in [0.717, 1.165) is 11.1 Å². The van der Waals surface area contributed by atoms with Gasteiger partial charge in [-0.05, 0) is 23.3 Å². The van der Waals surface area contributed by atoms with Crippen molar-refractivity contribution in [3.05, 3.63) is 95.6 Å². The molecule has 3 rings (SSSR count). The Hall–Kier alpha value is -3.07. The van der Waals surface area contributed by atoms with Crippen LogP contribution >= 0.6 is 0 Å². The Kier molecular flexibility index (Phi) is 5.14. The fourth-order valence-corrected chi connectivity index (χ4v) is 2.94. The summed E-state index contributed by atoms with van der Waals surface area (Å²) in [5.41, 5.74) is 2.51. The first-order chi connectivity index (χ1) is 12.2. The highest BCUT2D eigenvalue weighted by Crippen LogP contribution is 2.35. The maximum atomic E-state index is 13.2. The highest BCUT2D eigenvalue weighted by molar-refractivity contribution is 6.03. The second kappa shape index (κ2) is 7.67. The van der Waals surface area contributed by atoms with Crippen LogP contribution in [-0.4, -0.2) is 20.0 Å². The Morgan fingerprint density at radius 3 is 1.92 bits per heavy atom. The summed E-state index contributed by atoms with van der Waals surface area (Å²) in [4.78, 5) is 13.2. The van der Waals surface area contributed by atoms with Crippen LogP contribution in [0.3, 0.4) is 0 Å². The molecule has 3 aromatic carbocycles. The van der Waals surface area contributed by atoms with Gasteiger partial charge < -0.3 is 9.47 Å². The number of Topliss-reactive ketones (excluding diaryl/α,β-unsaturated/α-hetero) is 1.